The summed E-state index contributed by atoms with van der Waals surface area (Å²) in [7, 11) is 1.83. The molecule has 1 unspecified atom stereocenters. The molecule has 0 aliphatic carbocycles. The summed E-state index contributed by atoms with van der Waals surface area (Å²) in [5, 5.41) is 3.38. The molecule has 3 rings (SSSR count). The molecule has 0 amide bonds. The number of likely N-dealkylation sites (tertiary alicyclic amines) is 1. The van der Waals surface area contributed by atoms with E-state index in [1.807, 2.05) is 19.2 Å². The number of hydrogen-bond donors (Lipinski definition) is 1. The third kappa shape index (κ3) is 7.71. The van der Waals surface area contributed by atoms with Crippen LogP contribution in [0, 0.1) is 0 Å². The number of aliphatic imine (C=N–C) groups is 1. The van der Waals surface area contributed by atoms with E-state index in [0.717, 1.165) is 57.3 Å². The SMILES string of the molecule is CN=C(NCCOc1cccnc1)N1CCC(OCC2CCCCO2)CC1.I. The number of nitrogens with one attached hydrogen (secondary N) is 1. The van der Waals surface area contributed by atoms with E-state index < -0.39 is 0 Å². The number of rotatable bonds is 7. The topological polar surface area (TPSA) is 68.2 Å². The molecule has 1 atom stereocenters. The minimum Gasteiger partial charge on any atom is -0.490 e. The molecular weight excluding hydrogens is 471 g/mol. The Morgan fingerprint density at radius 3 is 2.86 bits per heavy atom. The third-order valence-electron chi connectivity index (χ3n) is 5.03. The lowest BCUT2D eigenvalue weighted by molar-refractivity contribution is -0.0721. The van der Waals surface area contributed by atoms with E-state index in [1.165, 1.54) is 12.8 Å². The summed E-state index contributed by atoms with van der Waals surface area (Å²) >= 11 is 0. The number of nitrogens with zero attached hydrogens (tertiary/aromatic N) is 3. The van der Waals surface area contributed by atoms with Gasteiger partial charge in [0, 0.05) is 32.9 Å². The zero-order valence-electron chi connectivity index (χ0n) is 16.7. The summed E-state index contributed by atoms with van der Waals surface area (Å²) < 4.78 is 17.5. The Morgan fingerprint density at radius 2 is 2.18 bits per heavy atom. The van der Waals surface area contributed by atoms with E-state index in [-0.39, 0.29) is 24.0 Å². The van der Waals surface area contributed by atoms with Crippen LogP contribution in [0.2, 0.25) is 0 Å². The number of halogens is 1. The lowest BCUT2D eigenvalue weighted by Crippen LogP contribution is -2.48. The number of guanidine groups is 1. The first-order valence-electron chi connectivity index (χ1n) is 10.1. The summed E-state index contributed by atoms with van der Waals surface area (Å²) in [6, 6.07) is 3.78. The van der Waals surface area contributed by atoms with E-state index in [4.69, 9.17) is 14.2 Å². The molecule has 2 aliphatic heterocycles. The van der Waals surface area contributed by atoms with Gasteiger partial charge >= 0.3 is 0 Å². The second-order valence-corrected chi connectivity index (χ2v) is 7.02. The van der Waals surface area contributed by atoms with Gasteiger partial charge in [0.05, 0.1) is 31.6 Å². The van der Waals surface area contributed by atoms with Gasteiger partial charge in [-0.15, -0.1) is 24.0 Å². The van der Waals surface area contributed by atoms with Crippen molar-refractivity contribution in [1.29, 1.82) is 0 Å². The minimum atomic E-state index is 0. The molecule has 0 aromatic carbocycles. The van der Waals surface area contributed by atoms with Gasteiger partial charge < -0.3 is 24.4 Å². The molecule has 28 heavy (non-hydrogen) atoms. The zero-order chi connectivity index (χ0) is 18.7. The second-order valence-electron chi connectivity index (χ2n) is 7.02. The molecule has 0 bridgehead atoms. The number of piperidine rings is 1. The van der Waals surface area contributed by atoms with E-state index in [2.05, 4.69) is 20.2 Å². The van der Waals surface area contributed by atoms with Crippen LogP contribution >= 0.6 is 24.0 Å². The molecule has 0 saturated carbocycles. The van der Waals surface area contributed by atoms with Crippen LogP contribution in [0.15, 0.2) is 29.5 Å². The fraction of sp³-hybridized carbons (Fsp3) is 0.700. The number of ether oxygens (including phenoxy) is 3. The van der Waals surface area contributed by atoms with Crippen molar-refractivity contribution >= 4 is 29.9 Å². The van der Waals surface area contributed by atoms with Gasteiger partial charge in [-0.25, -0.2) is 0 Å². The Kier molecular flexibility index (Phi) is 10.9. The molecule has 8 heteroatoms. The monoisotopic (exact) mass is 504 g/mol. The maximum atomic E-state index is 6.09. The van der Waals surface area contributed by atoms with Crippen molar-refractivity contribution in [3.63, 3.8) is 0 Å². The molecule has 0 radical (unpaired) electrons. The van der Waals surface area contributed by atoms with Crippen molar-refractivity contribution in [2.24, 2.45) is 4.99 Å². The molecule has 2 fully saturated rings. The van der Waals surface area contributed by atoms with Gasteiger partial charge in [0.15, 0.2) is 5.96 Å². The molecule has 1 aromatic rings. The Balaban J connectivity index is 0.00000280. The van der Waals surface area contributed by atoms with Crippen molar-refractivity contribution in [1.82, 2.24) is 15.2 Å². The molecule has 158 valence electrons. The van der Waals surface area contributed by atoms with E-state index >= 15 is 0 Å². The highest BCUT2D eigenvalue weighted by Crippen LogP contribution is 2.18. The fourth-order valence-electron chi connectivity index (χ4n) is 3.51. The average molecular weight is 504 g/mol. The van der Waals surface area contributed by atoms with Crippen LogP contribution in [0.25, 0.3) is 0 Å². The smallest absolute Gasteiger partial charge is 0.193 e. The van der Waals surface area contributed by atoms with Crippen LogP contribution in [0.3, 0.4) is 0 Å². The summed E-state index contributed by atoms with van der Waals surface area (Å²) in [5.41, 5.74) is 0. The van der Waals surface area contributed by atoms with Crippen molar-refractivity contribution in [2.75, 3.05) is 46.5 Å². The number of hydrogen-bond acceptors (Lipinski definition) is 5. The quantitative estimate of drug-likeness (QED) is 0.267. The second kappa shape index (κ2) is 13.2. The predicted molar refractivity (Wildman–Crippen MR) is 121 cm³/mol. The number of pyridine rings is 1. The van der Waals surface area contributed by atoms with Gasteiger partial charge in [-0.3, -0.25) is 9.98 Å². The molecule has 1 N–H and O–H groups in total. The van der Waals surface area contributed by atoms with Gasteiger partial charge in [0.25, 0.3) is 0 Å². The molecule has 2 aliphatic rings. The molecule has 3 heterocycles. The maximum absolute atomic E-state index is 6.09. The Labute approximate surface area is 185 Å². The van der Waals surface area contributed by atoms with Crippen molar-refractivity contribution in [2.45, 2.75) is 44.3 Å². The van der Waals surface area contributed by atoms with Crippen molar-refractivity contribution < 1.29 is 14.2 Å². The van der Waals surface area contributed by atoms with Crippen LogP contribution in [-0.2, 0) is 9.47 Å². The van der Waals surface area contributed by atoms with Gasteiger partial charge in [0.1, 0.15) is 12.4 Å². The Morgan fingerprint density at radius 1 is 1.32 bits per heavy atom. The zero-order valence-corrected chi connectivity index (χ0v) is 19.0. The summed E-state index contributed by atoms with van der Waals surface area (Å²) in [4.78, 5) is 10.7. The molecular formula is C20H33IN4O3. The Hall–Kier alpha value is -1.13. The number of aromatic nitrogens is 1. The average Bonchev–Trinajstić information content (AvgIpc) is 2.74. The molecule has 0 spiro atoms. The minimum absolute atomic E-state index is 0. The van der Waals surface area contributed by atoms with Crippen LogP contribution in [0.5, 0.6) is 5.75 Å². The highest BCUT2D eigenvalue weighted by Gasteiger charge is 2.23. The van der Waals surface area contributed by atoms with Crippen LogP contribution in [-0.4, -0.2) is 74.6 Å². The summed E-state index contributed by atoms with van der Waals surface area (Å²) in [6.07, 6.45) is 9.73. The normalized spacial score (nSPS) is 21.1. The summed E-state index contributed by atoms with van der Waals surface area (Å²) in [5.74, 6) is 1.72. The third-order valence-corrected chi connectivity index (χ3v) is 5.03. The highest BCUT2D eigenvalue weighted by molar-refractivity contribution is 14.0. The lowest BCUT2D eigenvalue weighted by atomic mass is 10.1. The summed E-state index contributed by atoms with van der Waals surface area (Å²) in [6.45, 7) is 4.82. The standard InChI is InChI=1S/C20H32N4O3.HI/c1-21-20(23-10-14-26-18-6-4-9-22-15-18)24-11-7-17(8-12-24)27-16-19-5-2-3-13-25-19;/h4,6,9,15,17,19H,2-3,5,7-8,10-14,16H2,1H3,(H,21,23);1H. The van der Waals surface area contributed by atoms with Gasteiger partial charge in [-0.2, -0.15) is 0 Å². The van der Waals surface area contributed by atoms with Gasteiger partial charge in [-0.1, -0.05) is 0 Å². The predicted octanol–water partition coefficient (Wildman–Crippen LogP) is 2.70. The van der Waals surface area contributed by atoms with E-state index in [9.17, 15) is 0 Å². The van der Waals surface area contributed by atoms with Crippen LogP contribution in [0.1, 0.15) is 32.1 Å². The fourth-order valence-corrected chi connectivity index (χ4v) is 3.51. The first kappa shape index (κ1) is 23.2. The van der Waals surface area contributed by atoms with Gasteiger partial charge in [0.2, 0.25) is 0 Å². The largest absolute Gasteiger partial charge is 0.490 e. The first-order valence-corrected chi connectivity index (χ1v) is 10.1. The molecule has 7 nitrogen and oxygen atoms in total. The van der Waals surface area contributed by atoms with Crippen molar-refractivity contribution in [3.05, 3.63) is 24.5 Å². The Bertz CT molecular complexity index is 562. The first-order chi connectivity index (χ1) is 13.3. The van der Waals surface area contributed by atoms with E-state index in [1.54, 1.807) is 12.4 Å². The highest BCUT2D eigenvalue weighted by atomic mass is 127. The lowest BCUT2D eigenvalue weighted by Gasteiger charge is -2.35. The maximum Gasteiger partial charge on any atom is 0.193 e. The van der Waals surface area contributed by atoms with Gasteiger partial charge in [-0.05, 0) is 44.2 Å². The molecule has 2 saturated heterocycles. The van der Waals surface area contributed by atoms with E-state index in [0.29, 0.717) is 25.4 Å². The van der Waals surface area contributed by atoms with Crippen molar-refractivity contribution in [3.8, 4) is 5.75 Å². The molecule has 1 aromatic heterocycles. The van der Waals surface area contributed by atoms with Crippen LogP contribution < -0.4 is 10.1 Å². The van der Waals surface area contributed by atoms with Crippen LogP contribution in [0.4, 0.5) is 0 Å².